The van der Waals surface area contributed by atoms with Crippen molar-refractivity contribution in [2.45, 2.75) is 6.42 Å². The van der Waals surface area contributed by atoms with Crippen LogP contribution in [0.1, 0.15) is 6.42 Å². The van der Waals surface area contributed by atoms with E-state index in [1.54, 1.807) is 0 Å². The summed E-state index contributed by atoms with van der Waals surface area (Å²) in [5.74, 6) is -0.0625. The van der Waals surface area contributed by atoms with E-state index >= 15 is 0 Å². The average Bonchev–Trinajstić information content (AvgIpc) is 1.84. The summed E-state index contributed by atoms with van der Waals surface area (Å²) in [5, 5.41) is 9.80. The SMILES string of the molecule is CNS(=O)(=O)CCC[O]. The lowest BCUT2D eigenvalue weighted by molar-refractivity contribution is 0.194. The second-order valence-corrected chi connectivity index (χ2v) is 3.63. The molecule has 0 atom stereocenters. The Labute approximate surface area is 54.9 Å². The normalized spacial score (nSPS) is 11.8. The number of nitrogens with one attached hydrogen (secondary N) is 1. The maximum Gasteiger partial charge on any atom is 0.211 e. The largest absolute Gasteiger partial charge is 0.237 e. The zero-order valence-corrected chi connectivity index (χ0v) is 6.07. The number of sulfonamides is 1. The van der Waals surface area contributed by atoms with Crippen molar-refractivity contribution in [2.75, 3.05) is 19.4 Å². The molecule has 0 aliphatic heterocycles. The van der Waals surface area contributed by atoms with Gasteiger partial charge in [-0.05, 0) is 13.5 Å². The van der Waals surface area contributed by atoms with E-state index in [0.29, 0.717) is 0 Å². The summed E-state index contributed by atoms with van der Waals surface area (Å²) in [5.41, 5.74) is 0. The summed E-state index contributed by atoms with van der Waals surface area (Å²) in [6.07, 6.45) is 0.184. The Hall–Kier alpha value is -0.130. The molecule has 9 heavy (non-hydrogen) atoms. The Balaban J connectivity index is 3.61. The van der Waals surface area contributed by atoms with E-state index in [2.05, 4.69) is 4.72 Å². The smallest absolute Gasteiger partial charge is 0.211 e. The molecular weight excluding hydrogens is 142 g/mol. The molecule has 0 saturated heterocycles. The van der Waals surface area contributed by atoms with Gasteiger partial charge in [-0.1, -0.05) is 0 Å². The molecule has 0 heterocycles. The molecule has 4 nitrogen and oxygen atoms in total. The predicted octanol–water partition coefficient (Wildman–Crippen LogP) is -0.644. The van der Waals surface area contributed by atoms with Crippen molar-refractivity contribution in [1.82, 2.24) is 4.72 Å². The molecule has 0 spiro atoms. The standard InChI is InChI=1S/C4H10NO3S/c1-5-9(7,8)4-2-3-6/h5H,2-4H2,1H3. The minimum atomic E-state index is -3.13. The molecule has 0 bridgehead atoms. The van der Waals surface area contributed by atoms with Gasteiger partial charge in [0, 0.05) is 0 Å². The predicted molar refractivity (Wildman–Crippen MR) is 33.0 cm³/mol. The molecule has 0 fully saturated rings. The second-order valence-electron chi connectivity index (χ2n) is 1.58. The van der Waals surface area contributed by atoms with Crippen molar-refractivity contribution in [3.8, 4) is 0 Å². The van der Waals surface area contributed by atoms with Gasteiger partial charge in [0.05, 0.1) is 12.4 Å². The van der Waals surface area contributed by atoms with E-state index in [4.69, 9.17) is 0 Å². The van der Waals surface area contributed by atoms with Crippen molar-refractivity contribution in [2.24, 2.45) is 0 Å². The average molecular weight is 152 g/mol. The van der Waals surface area contributed by atoms with Crippen molar-refractivity contribution in [1.29, 1.82) is 0 Å². The van der Waals surface area contributed by atoms with Gasteiger partial charge in [-0.3, -0.25) is 0 Å². The summed E-state index contributed by atoms with van der Waals surface area (Å²) in [4.78, 5) is 0. The molecule has 1 radical (unpaired) electrons. The molecular formula is C4H10NO3S. The van der Waals surface area contributed by atoms with E-state index in [9.17, 15) is 13.5 Å². The molecule has 55 valence electrons. The Bertz CT molecular complexity index is 151. The Morgan fingerprint density at radius 1 is 1.44 bits per heavy atom. The van der Waals surface area contributed by atoms with E-state index < -0.39 is 10.0 Å². The monoisotopic (exact) mass is 152 g/mol. The third kappa shape index (κ3) is 4.38. The molecule has 0 amide bonds. The van der Waals surface area contributed by atoms with Gasteiger partial charge in [-0.15, -0.1) is 0 Å². The van der Waals surface area contributed by atoms with Crippen molar-refractivity contribution in [3.63, 3.8) is 0 Å². The molecule has 0 aromatic rings. The Morgan fingerprint density at radius 2 is 2.00 bits per heavy atom. The molecule has 0 aliphatic carbocycles. The van der Waals surface area contributed by atoms with E-state index in [1.807, 2.05) is 0 Å². The molecule has 0 aromatic heterocycles. The molecule has 0 rings (SSSR count). The number of rotatable bonds is 4. The molecule has 1 N–H and O–H groups in total. The van der Waals surface area contributed by atoms with Gasteiger partial charge in [-0.25, -0.2) is 18.2 Å². The highest BCUT2D eigenvalue weighted by Gasteiger charge is 2.04. The van der Waals surface area contributed by atoms with Crippen LogP contribution in [0.25, 0.3) is 0 Å². The highest BCUT2D eigenvalue weighted by atomic mass is 32.2. The van der Waals surface area contributed by atoms with Gasteiger partial charge < -0.3 is 0 Å². The summed E-state index contributed by atoms with van der Waals surface area (Å²) in [6.45, 7) is -0.332. The summed E-state index contributed by atoms with van der Waals surface area (Å²) in [7, 11) is -1.80. The van der Waals surface area contributed by atoms with Crippen molar-refractivity contribution in [3.05, 3.63) is 0 Å². The lowest BCUT2D eigenvalue weighted by Gasteiger charge is -1.97. The van der Waals surface area contributed by atoms with Crippen LogP contribution < -0.4 is 4.72 Å². The highest BCUT2D eigenvalue weighted by Crippen LogP contribution is 1.85. The Morgan fingerprint density at radius 3 is 2.33 bits per heavy atom. The first-order valence-corrected chi connectivity index (χ1v) is 4.27. The fourth-order valence-electron chi connectivity index (χ4n) is 0.351. The van der Waals surface area contributed by atoms with Crippen LogP contribution in [-0.2, 0) is 15.1 Å². The first kappa shape index (κ1) is 8.87. The first-order chi connectivity index (χ1) is 4.12. The second kappa shape index (κ2) is 3.81. The number of hydrogen-bond donors (Lipinski definition) is 1. The van der Waals surface area contributed by atoms with Crippen molar-refractivity contribution >= 4 is 10.0 Å². The third-order valence-electron chi connectivity index (χ3n) is 0.868. The van der Waals surface area contributed by atoms with Crippen molar-refractivity contribution < 1.29 is 13.5 Å². The van der Waals surface area contributed by atoms with Gasteiger partial charge >= 0.3 is 0 Å². The maximum absolute atomic E-state index is 10.5. The van der Waals surface area contributed by atoms with Gasteiger partial charge in [-0.2, -0.15) is 0 Å². The van der Waals surface area contributed by atoms with Crippen LogP contribution >= 0.6 is 0 Å². The molecule has 0 aliphatic rings. The zero-order chi connectivity index (χ0) is 7.33. The van der Waals surface area contributed by atoms with E-state index in [0.717, 1.165) is 0 Å². The van der Waals surface area contributed by atoms with Crippen LogP contribution in [-0.4, -0.2) is 27.8 Å². The van der Waals surface area contributed by atoms with Gasteiger partial charge in [0.2, 0.25) is 10.0 Å². The first-order valence-electron chi connectivity index (χ1n) is 2.61. The van der Waals surface area contributed by atoms with Crippen LogP contribution in [0.5, 0.6) is 0 Å². The fourth-order valence-corrected chi connectivity index (χ4v) is 1.05. The van der Waals surface area contributed by atoms with Crippen LogP contribution in [0.3, 0.4) is 0 Å². The molecule has 0 saturated carbocycles. The summed E-state index contributed by atoms with van der Waals surface area (Å²) >= 11 is 0. The summed E-state index contributed by atoms with van der Waals surface area (Å²) in [6, 6.07) is 0. The topological polar surface area (TPSA) is 66.1 Å². The lowest BCUT2D eigenvalue weighted by atomic mass is 10.5. The molecule has 0 unspecified atom stereocenters. The lowest BCUT2D eigenvalue weighted by Crippen LogP contribution is -2.22. The van der Waals surface area contributed by atoms with Gasteiger partial charge in [0.1, 0.15) is 0 Å². The van der Waals surface area contributed by atoms with Crippen LogP contribution in [0.2, 0.25) is 0 Å². The summed E-state index contributed by atoms with van der Waals surface area (Å²) < 4.78 is 23.1. The van der Waals surface area contributed by atoms with Crippen LogP contribution in [0.4, 0.5) is 0 Å². The molecule has 0 aromatic carbocycles. The highest BCUT2D eigenvalue weighted by molar-refractivity contribution is 7.89. The van der Waals surface area contributed by atoms with Crippen LogP contribution in [0, 0.1) is 0 Å². The van der Waals surface area contributed by atoms with Crippen LogP contribution in [0.15, 0.2) is 0 Å². The quantitative estimate of drug-likeness (QED) is 0.582. The minimum absolute atomic E-state index is 0.0625. The minimum Gasteiger partial charge on any atom is -0.237 e. The van der Waals surface area contributed by atoms with Gasteiger partial charge in [0.15, 0.2) is 0 Å². The van der Waals surface area contributed by atoms with E-state index in [-0.39, 0.29) is 18.8 Å². The Kier molecular flexibility index (Phi) is 3.76. The van der Waals surface area contributed by atoms with Gasteiger partial charge in [0.25, 0.3) is 0 Å². The number of hydrogen-bond acceptors (Lipinski definition) is 2. The fraction of sp³-hybridized carbons (Fsp3) is 1.00. The zero-order valence-electron chi connectivity index (χ0n) is 5.25. The van der Waals surface area contributed by atoms with E-state index in [1.165, 1.54) is 7.05 Å². The maximum atomic E-state index is 10.5. The molecule has 5 heteroatoms. The third-order valence-corrected chi connectivity index (χ3v) is 2.32.